The van der Waals surface area contributed by atoms with Crippen molar-refractivity contribution in [1.82, 2.24) is 0 Å². The van der Waals surface area contributed by atoms with E-state index in [0.717, 1.165) is 18.8 Å². The van der Waals surface area contributed by atoms with Gasteiger partial charge >= 0.3 is 0 Å². The Morgan fingerprint density at radius 3 is 2.62 bits per heavy atom. The number of hydrogen-bond donors (Lipinski definition) is 2. The Hall–Kier alpha value is -2.82. The van der Waals surface area contributed by atoms with Crippen molar-refractivity contribution in [1.29, 1.82) is 0 Å². The largest absolute Gasteiger partial charge is 0.372 e. The summed E-state index contributed by atoms with van der Waals surface area (Å²) in [6.45, 7) is 6.37. The van der Waals surface area contributed by atoms with Crippen LogP contribution in [0.25, 0.3) is 5.57 Å². The third-order valence-electron chi connectivity index (χ3n) is 4.54. The molecule has 26 heavy (non-hydrogen) atoms. The molecule has 0 bridgehead atoms. The topological polar surface area (TPSA) is 44.4 Å². The molecule has 0 saturated heterocycles. The smallest absolute Gasteiger partial charge is 0.257 e. The monoisotopic (exact) mass is 353 g/mol. The number of hydrogen-bond acceptors (Lipinski definition) is 3. The van der Waals surface area contributed by atoms with E-state index in [-0.39, 0.29) is 11.7 Å². The van der Waals surface area contributed by atoms with Gasteiger partial charge in [0.1, 0.15) is 5.82 Å². The molecule has 2 aromatic carbocycles. The standard InChI is InChI=1S/C21H24FN3O/c1-3-5-12-25(4-2)17-9-7-16(8-10-17)23-14-19-18-13-15(22)6-11-20(18)24-21(19)26/h6-11,13-14,23H,3-5,12H2,1-2H3,(H,24,26). The van der Waals surface area contributed by atoms with Crippen LogP contribution in [0.1, 0.15) is 32.3 Å². The molecule has 2 aromatic rings. The van der Waals surface area contributed by atoms with Crippen molar-refractivity contribution in [2.45, 2.75) is 26.7 Å². The van der Waals surface area contributed by atoms with Gasteiger partial charge in [-0.05, 0) is 55.8 Å². The molecule has 1 aliphatic heterocycles. The first-order chi connectivity index (χ1) is 12.6. The van der Waals surface area contributed by atoms with E-state index >= 15 is 0 Å². The van der Waals surface area contributed by atoms with Crippen LogP contribution in [0.5, 0.6) is 0 Å². The summed E-state index contributed by atoms with van der Waals surface area (Å²) >= 11 is 0. The second kappa shape index (κ2) is 8.04. The Kier molecular flexibility index (Phi) is 5.56. The van der Waals surface area contributed by atoms with Gasteiger partial charge in [-0.1, -0.05) is 13.3 Å². The van der Waals surface area contributed by atoms with Gasteiger partial charge in [0.25, 0.3) is 5.91 Å². The predicted molar refractivity (Wildman–Crippen MR) is 106 cm³/mol. The van der Waals surface area contributed by atoms with E-state index in [0.29, 0.717) is 16.8 Å². The minimum atomic E-state index is -0.359. The molecule has 136 valence electrons. The van der Waals surface area contributed by atoms with E-state index in [9.17, 15) is 9.18 Å². The lowest BCUT2D eigenvalue weighted by Crippen LogP contribution is -2.23. The van der Waals surface area contributed by atoms with Crippen LogP contribution in [0.2, 0.25) is 0 Å². The van der Waals surface area contributed by atoms with Crippen molar-refractivity contribution < 1.29 is 9.18 Å². The maximum atomic E-state index is 13.5. The summed E-state index contributed by atoms with van der Waals surface area (Å²) in [5.74, 6) is -0.589. The van der Waals surface area contributed by atoms with Gasteiger partial charge in [0.2, 0.25) is 0 Å². The summed E-state index contributed by atoms with van der Waals surface area (Å²) in [6.07, 6.45) is 3.98. The van der Waals surface area contributed by atoms with Gasteiger partial charge in [-0.2, -0.15) is 0 Å². The summed E-state index contributed by atoms with van der Waals surface area (Å²) in [5.41, 5.74) is 3.71. The van der Waals surface area contributed by atoms with Crippen molar-refractivity contribution >= 4 is 28.5 Å². The number of unbranched alkanes of at least 4 members (excludes halogenated alkanes) is 1. The normalized spacial score (nSPS) is 14.3. The van der Waals surface area contributed by atoms with Crippen molar-refractivity contribution in [3.05, 3.63) is 60.0 Å². The Labute approximate surface area is 153 Å². The number of halogens is 1. The Balaban J connectivity index is 1.73. The molecule has 1 amide bonds. The highest BCUT2D eigenvalue weighted by molar-refractivity contribution is 6.31. The first kappa shape index (κ1) is 18.0. The average molecular weight is 353 g/mol. The predicted octanol–water partition coefficient (Wildman–Crippen LogP) is 4.86. The number of benzene rings is 2. The second-order valence-electron chi connectivity index (χ2n) is 6.33. The van der Waals surface area contributed by atoms with Crippen molar-refractivity contribution in [3.63, 3.8) is 0 Å². The van der Waals surface area contributed by atoms with Crippen molar-refractivity contribution in [3.8, 4) is 0 Å². The molecule has 0 spiro atoms. The van der Waals surface area contributed by atoms with Crippen molar-refractivity contribution in [2.75, 3.05) is 28.6 Å². The first-order valence-electron chi connectivity index (χ1n) is 9.05. The molecule has 0 aromatic heterocycles. The van der Waals surface area contributed by atoms with E-state index in [4.69, 9.17) is 0 Å². The van der Waals surface area contributed by atoms with E-state index < -0.39 is 0 Å². The third kappa shape index (κ3) is 3.87. The molecule has 0 saturated carbocycles. The number of carbonyl (C=O) groups excluding carboxylic acids is 1. The van der Waals surface area contributed by atoms with E-state index in [1.807, 2.05) is 12.1 Å². The zero-order valence-corrected chi connectivity index (χ0v) is 15.2. The van der Waals surface area contributed by atoms with Gasteiger partial charge < -0.3 is 15.5 Å². The molecule has 4 nitrogen and oxygen atoms in total. The SMILES string of the molecule is CCCCN(CC)c1ccc(NC=C2C(=O)Nc3ccc(F)cc32)cc1. The van der Waals surface area contributed by atoms with E-state index in [1.165, 1.54) is 30.7 Å². The van der Waals surface area contributed by atoms with Gasteiger partial charge in [0.05, 0.1) is 5.57 Å². The summed E-state index contributed by atoms with van der Waals surface area (Å²) in [4.78, 5) is 14.4. The first-order valence-corrected chi connectivity index (χ1v) is 9.05. The molecule has 2 N–H and O–H groups in total. The molecule has 5 heteroatoms. The summed E-state index contributed by atoms with van der Waals surface area (Å²) in [5, 5.41) is 5.88. The van der Waals surface area contributed by atoms with Crippen LogP contribution in [-0.4, -0.2) is 19.0 Å². The van der Waals surface area contributed by atoms with Crippen LogP contribution in [0.15, 0.2) is 48.7 Å². The van der Waals surface area contributed by atoms with Gasteiger partial charge in [-0.3, -0.25) is 4.79 Å². The van der Waals surface area contributed by atoms with Crippen LogP contribution in [0.4, 0.5) is 21.5 Å². The highest BCUT2D eigenvalue weighted by atomic mass is 19.1. The molecular weight excluding hydrogens is 329 g/mol. The van der Waals surface area contributed by atoms with Crippen LogP contribution in [-0.2, 0) is 4.79 Å². The number of anilines is 3. The number of nitrogens with zero attached hydrogens (tertiary/aromatic N) is 1. The summed E-state index contributed by atoms with van der Waals surface area (Å²) < 4.78 is 13.5. The molecule has 0 unspecified atom stereocenters. The lowest BCUT2D eigenvalue weighted by atomic mass is 10.1. The zero-order valence-electron chi connectivity index (χ0n) is 15.2. The molecule has 0 atom stereocenters. The van der Waals surface area contributed by atoms with Crippen LogP contribution < -0.4 is 15.5 Å². The fourth-order valence-corrected chi connectivity index (χ4v) is 3.05. The number of amides is 1. The summed E-state index contributed by atoms with van der Waals surface area (Å²) in [7, 11) is 0. The minimum absolute atomic E-state index is 0.230. The molecular formula is C21H24FN3O. The highest BCUT2D eigenvalue weighted by Crippen LogP contribution is 2.32. The zero-order chi connectivity index (χ0) is 18.5. The number of rotatable bonds is 7. The third-order valence-corrected chi connectivity index (χ3v) is 4.54. The number of carbonyl (C=O) groups is 1. The molecule has 3 rings (SSSR count). The maximum absolute atomic E-state index is 13.5. The molecule has 1 heterocycles. The molecule has 1 aliphatic rings. The Morgan fingerprint density at radius 1 is 1.15 bits per heavy atom. The fraction of sp³-hybridized carbons (Fsp3) is 0.286. The number of fused-ring (bicyclic) bond motifs is 1. The molecule has 0 aliphatic carbocycles. The quantitative estimate of drug-likeness (QED) is 0.699. The number of nitrogens with one attached hydrogen (secondary N) is 2. The highest BCUT2D eigenvalue weighted by Gasteiger charge is 2.24. The van der Waals surface area contributed by atoms with Gasteiger partial charge in [0.15, 0.2) is 0 Å². The van der Waals surface area contributed by atoms with E-state index in [1.54, 1.807) is 12.3 Å². The fourth-order valence-electron chi connectivity index (χ4n) is 3.05. The molecule has 0 radical (unpaired) electrons. The van der Waals surface area contributed by atoms with Crippen LogP contribution in [0, 0.1) is 5.82 Å². The van der Waals surface area contributed by atoms with Crippen LogP contribution >= 0.6 is 0 Å². The van der Waals surface area contributed by atoms with Gasteiger partial charge in [-0.25, -0.2) is 4.39 Å². The lowest BCUT2D eigenvalue weighted by molar-refractivity contribution is -0.110. The Morgan fingerprint density at radius 2 is 1.92 bits per heavy atom. The summed E-state index contributed by atoms with van der Waals surface area (Å²) in [6, 6.07) is 12.4. The molecule has 0 fully saturated rings. The second-order valence-corrected chi connectivity index (χ2v) is 6.33. The van der Waals surface area contributed by atoms with Gasteiger partial charge in [0, 0.05) is 41.9 Å². The van der Waals surface area contributed by atoms with Crippen LogP contribution in [0.3, 0.4) is 0 Å². The van der Waals surface area contributed by atoms with Crippen molar-refractivity contribution in [2.24, 2.45) is 0 Å². The minimum Gasteiger partial charge on any atom is -0.372 e. The average Bonchev–Trinajstić information content (AvgIpc) is 2.96. The maximum Gasteiger partial charge on any atom is 0.257 e. The van der Waals surface area contributed by atoms with E-state index in [2.05, 4.69) is 41.5 Å². The Bertz CT molecular complexity index is 815. The lowest BCUT2D eigenvalue weighted by Gasteiger charge is -2.23. The van der Waals surface area contributed by atoms with Gasteiger partial charge in [-0.15, -0.1) is 0 Å².